The Morgan fingerprint density at radius 3 is 2.39 bits per heavy atom. The molecule has 0 atom stereocenters. The maximum absolute atomic E-state index is 12.0. The van der Waals surface area contributed by atoms with Crippen molar-refractivity contribution in [1.82, 2.24) is 4.98 Å². The summed E-state index contributed by atoms with van der Waals surface area (Å²) >= 11 is 0. The molecular formula is C7H5F3N4O3S. The summed E-state index contributed by atoms with van der Waals surface area (Å²) in [6.45, 7) is 0. The number of rotatable bonds is 2. The maximum atomic E-state index is 12.0. The zero-order valence-electron chi connectivity index (χ0n) is 8.39. The molecule has 1 rings (SSSR count). The Bertz CT molecular complexity index is 620. The summed E-state index contributed by atoms with van der Waals surface area (Å²) < 4.78 is 61.6. The van der Waals surface area contributed by atoms with Gasteiger partial charge < -0.3 is 10.5 Å². The van der Waals surface area contributed by atoms with Gasteiger partial charge in [-0.3, -0.25) is 0 Å². The van der Waals surface area contributed by atoms with E-state index in [1.165, 1.54) is 6.07 Å². The van der Waals surface area contributed by atoms with Gasteiger partial charge in [-0.15, -0.1) is 13.2 Å². The fraction of sp³-hybridized carbons (Fsp3) is 0.143. The molecule has 7 nitrogen and oxygen atoms in total. The summed E-state index contributed by atoms with van der Waals surface area (Å²) in [6.07, 6.45) is -4.54. The van der Waals surface area contributed by atoms with E-state index in [1.807, 2.05) is 0 Å². The summed E-state index contributed by atoms with van der Waals surface area (Å²) in [7, 11) is -4.49. The van der Waals surface area contributed by atoms with Crippen LogP contribution in [-0.4, -0.2) is 19.8 Å². The largest absolute Gasteiger partial charge is 0.574 e. The molecule has 0 bridgehead atoms. The van der Waals surface area contributed by atoms with Crippen molar-refractivity contribution in [1.29, 1.82) is 5.26 Å². The predicted molar refractivity (Wildman–Crippen MR) is 51.4 cm³/mol. The van der Waals surface area contributed by atoms with Crippen molar-refractivity contribution in [2.75, 3.05) is 5.73 Å². The van der Waals surface area contributed by atoms with E-state index in [9.17, 15) is 21.6 Å². The number of hydrogen-bond donors (Lipinski definition) is 2. The van der Waals surface area contributed by atoms with E-state index in [-0.39, 0.29) is 0 Å². The SMILES string of the molecule is N#Cc1cnc(OC(F)(F)F)c(N)c1S(N)(=O)=O. The molecule has 1 aromatic heterocycles. The number of pyridine rings is 1. The smallest absolute Gasteiger partial charge is 0.393 e. The van der Waals surface area contributed by atoms with Crippen LogP contribution in [0.5, 0.6) is 5.88 Å². The first-order valence-corrected chi connectivity index (χ1v) is 5.58. The van der Waals surface area contributed by atoms with Crippen LogP contribution in [0.3, 0.4) is 0 Å². The van der Waals surface area contributed by atoms with Crippen molar-refractivity contribution in [2.24, 2.45) is 5.14 Å². The standard InChI is InChI=1S/C7H5F3N4O3S/c8-7(9,10)17-6-4(12)5(18(13,15)16)3(1-11)2-14-6/h2H,12H2,(H2,13,15,16). The highest BCUT2D eigenvalue weighted by Crippen LogP contribution is 2.32. The predicted octanol–water partition coefficient (Wildman–Crippen LogP) is 0.0815. The van der Waals surface area contributed by atoms with Crippen molar-refractivity contribution in [3.8, 4) is 11.9 Å². The fourth-order valence-electron chi connectivity index (χ4n) is 1.07. The quantitative estimate of drug-likeness (QED) is 0.789. The van der Waals surface area contributed by atoms with Crippen molar-refractivity contribution in [3.63, 3.8) is 0 Å². The number of nitriles is 1. The molecule has 0 aliphatic heterocycles. The first kappa shape index (κ1) is 14.0. The van der Waals surface area contributed by atoms with E-state index in [4.69, 9.17) is 16.1 Å². The summed E-state index contributed by atoms with van der Waals surface area (Å²) in [4.78, 5) is 2.14. The number of anilines is 1. The van der Waals surface area contributed by atoms with Crippen molar-refractivity contribution in [3.05, 3.63) is 11.8 Å². The molecular weight excluding hydrogens is 277 g/mol. The Balaban J connectivity index is 3.51. The Morgan fingerprint density at radius 2 is 2.00 bits per heavy atom. The number of hydrogen-bond acceptors (Lipinski definition) is 6. The molecule has 0 unspecified atom stereocenters. The highest BCUT2D eigenvalue weighted by Gasteiger charge is 2.34. The molecule has 0 saturated carbocycles. The van der Waals surface area contributed by atoms with Crippen LogP contribution < -0.4 is 15.6 Å². The van der Waals surface area contributed by atoms with Gasteiger partial charge in [-0.1, -0.05) is 0 Å². The lowest BCUT2D eigenvalue weighted by Crippen LogP contribution is -2.22. The molecule has 0 spiro atoms. The number of halogens is 3. The summed E-state index contributed by atoms with van der Waals surface area (Å²) in [5.41, 5.74) is 3.60. The zero-order valence-corrected chi connectivity index (χ0v) is 9.21. The van der Waals surface area contributed by atoms with E-state index in [1.54, 1.807) is 0 Å². The first-order valence-electron chi connectivity index (χ1n) is 4.03. The van der Waals surface area contributed by atoms with Crippen LogP contribution in [-0.2, 0) is 10.0 Å². The topological polar surface area (TPSA) is 132 Å². The lowest BCUT2D eigenvalue weighted by Gasteiger charge is -2.12. The third-order valence-electron chi connectivity index (χ3n) is 1.65. The van der Waals surface area contributed by atoms with Crippen LogP contribution in [0.15, 0.2) is 11.1 Å². The fourth-order valence-corrected chi connectivity index (χ4v) is 1.87. The second-order valence-electron chi connectivity index (χ2n) is 2.92. The number of nitrogens with two attached hydrogens (primary N) is 2. The minimum absolute atomic E-state index is 0.567. The summed E-state index contributed by atoms with van der Waals surface area (Å²) in [6, 6.07) is 1.39. The van der Waals surface area contributed by atoms with Gasteiger partial charge in [-0.05, 0) is 0 Å². The van der Waals surface area contributed by atoms with Gasteiger partial charge in [0.25, 0.3) is 0 Å². The average molecular weight is 282 g/mol. The third kappa shape index (κ3) is 2.99. The van der Waals surface area contributed by atoms with E-state index >= 15 is 0 Å². The molecule has 4 N–H and O–H groups in total. The second kappa shape index (κ2) is 4.31. The van der Waals surface area contributed by atoms with Crippen molar-refractivity contribution >= 4 is 15.7 Å². The Labute approximate surface area is 98.8 Å². The third-order valence-corrected chi connectivity index (χ3v) is 2.66. The van der Waals surface area contributed by atoms with Gasteiger partial charge in [0, 0.05) is 0 Å². The van der Waals surface area contributed by atoms with Crippen molar-refractivity contribution < 1.29 is 26.3 Å². The van der Waals surface area contributed by atoms with Crippen LogP contribution in [0.25, 0.3) is 0 Å². The Kier molecular flexibility index (Phi) is 3.36. The molecule has 98 valence electrons. The molecule has 18 heavy (non-hydrogen) atoms. The van der Waals surface area contributed by atoms with Gasteiger partial charge in [0.2, 0.25) is 15.9 Å². The highest BCUT2D eigenvalue weighted by atomic mass is 32.2. The molecule has 1 aromatic rings. The number of alkyl halides is 3. The molecule has 0 radical (unpaired) electrons. The summed E-state index contributed by atoms with van der Waals surface area (Å²) in [5.74, 6) is -1.19. The minimum atomic E-state index is -5.11. The zero-order chi connectivity index (χ0) is 14.1. The van der Waals surface area contributed by atoms with Gasteiger partial charge in [0.05, 0.1) is 11.8 Å². The lowest BCUT2D eigenvalue weighted by molar-refractivity contribution is -0.275. The van der Waals surface area contributed by atoms with E-state index in [0.717, 1.165) is 0 Å². The van der Waals surface area contributed by atoms with Crippen LogP contribution in [0.1, 0.15) is 5.56 Å². The molecule has 0 saturated heterocycles. The van der Waals surface area contributed by atoms with Gasteiger partial charge in [-0.2, -0.15) is 5.26 Å². The van der Waals surface area contributed by atoms with Gasteiger partial charge in [-0.25, -0.2) is 18.5 Å². The number of nitrogen functional groups attached to an aromatic ring is 1. The van der Waals surface area contributed by atoms with Crippen LogP contribution in [0.2, 0.25) is 0 Å². The number of ether oxygens (including phenoxy) is 1. The first-order chi connectivity index (χ1) is 8.06. The number of sulfonamides is 1. The number of aromatic nitrogens is 1. The van der Waals surface area contributed by atoms with Crippen molar-refractivity contribution in [2.45, 2.75) is 11.3 Å². The van der Waals surface area contributed by atoms with E-state index in [0.29, 0.717) is 6.20 Å². The van der Waals surface area contributed by atoms with Gasteiger partial charge in [0.1, 0.15) is 16.7 Å². The maximum Gasteiger partial charge on any atom is 0.574 e. The molecule has 0 aliphatic carbocycles. The van der Waals surface area contributed by atoms with Crippen LogP contribution in [0.4, 0.5) is 18.9 Å². The monoisotopic (exact) mass is 282 g/mol. The van der Waals surface area contributed by atoms with Gasteiger partial charge in [0.15, 0.2) is 0 Å². The van der Waals surface area contributed by atoms with Gasteiger partial charge >= 0.3 is 6.36 Å². The Hall–Kier alpha value is -2.06. The number of primary sulfonamides is 1. The normalized spacial score (nSPS) is 11.9. The van der Waals surface area contributed by atoms with E-state index < -0.39 is 38.4 Å². The molecule has 0 aromatic carbocycles. The van der Waals surface area contributed by atoms with E-state index in [2.05, 4.69) is 9.72 Å². The summed E-state index contributed by atoms with van der Waals surface area (Å²) in [5, 5.41) is 13.3. The highest BCUT2D eigenvalue weighted by molar-refractivity contribution is 7.89. The number of nitrogens with zero attached hydrogens (tertiary/aromatic N) is 2. The second-order valence-corrected chi connectivity index (χ2v) is 4.42. The lowest BCUT2D eigenvalue weighted by atomic mass is 10.3. The minimum Gasteiger partial charge on any atom is -0.393 e. The molecule has 0 aliphatic rings. The molecule has 0 amide bonds. The van der Waals surface area contributed by atoms with Crippen LogP contribution >= 0.6 is 0 Å². The molecule has 11 heteroatoms. The average Bonchev–Trinajstić information content (AvgIpc) is 2.16. The molecule has 1 heterocycles. The molecule has 0 fully saturated rings. The van der Waals surface area contributed by atoms with Crippen LogP contribution in [0, 0.1) is 11.3 Å². The Morgan fingerprint density at radius 1 is 1.44 bits per heavy atom.